The van der Waals surface area contributed by atoms with Crippen molar-refractivity contribution in [3.8, 4) is 0 Å². The molecule has 1 unspecified atom stereocenters. The third-order valence-corrected chi connectivity index (χ3v) is 5.87. The Kier molecular flexibility index (Phi) is 5.22. The van der Waals surface area contributed by atoms with Gasteiger partial charge in [0, 0.05) is 11.3 Å². The summed E-state index contributed by atoms with van der Waals surface area (Å²) in [5.74, 6) is -2.59. The number of aliphatic hydroxyl groups is 1. The monoisotopic (exact) mass is 453 g/mol. The second-order valence-electron chi connectivity index (χ2n) is 7.95. The van der Waals surface area contributed by atoms with Gasteiger partial charge in [0.15, 0.2) is 0 Å². The molecule has 0 spiro atoms. The molecule has 1 atom stereocenters. The lowest BCUT2D eigenvalue weighted by Crippen LogP contribution is -2.29. The van der Waals surface area contributed by atoms with Crippen molar-refractivity contribution in [1.82, 2.24) is 0 Å². The van der Waals surface area contributed by atoms with Crippen molar-refractivity contribution >= 4 is 39.9 Å². The summed E-state index contributed by atoms with van der Waals surface area (Å²) >= 11 is 0. The summed E-state index contributed by atoms with van der Waals surface area (Å²) in [4.78, 5) is 38.7. The maximum atomic E-state index is 13.2. The largest absolute Gasteiger partial charge is 0.507 e. The minimum absolute atomic E-state index is 0.0779. The van der Waals surface area contributed by atoms with Crippen LogP contribution in [0.4, 0.5) is 5.69 Å². The van der Waals surface area contributed by atoms with Gasteiger partial charge in [-0.1, -0.05) is 54.6 Å². The Bertz CT molecular complexity index is 1450. The van der Waals surface area contributed by atoms with Crippen LogP contribution in [0.1, 0.15) is 22.9 Å². The van der Waals surface area contributed by atoms with E-state index < -0.39 is 23.7 Å². The number of fused-ring (bicyclic) bond motifs is 1. The Balaban J connectivity index is 1.68. The van der Waals surface area contributed by atoms with Gasteiger partial charge in [-0.2, -0.15) is 0 Å². The molecule has 168 valence electrons. The summed E-state index contributed by atoms with van der Waals surface area (Å²) in [5.41, 5.74) is 1.29. The number of hydrogen-bond acceptors (Lipinski definition) is 5. The van der Waals surface area contributed by atoms with Crippen LogP contribution in [0.2, 0.25) is 0 Å². The Labute approximate surface area is 194 Å². The van der Waals surface area contributed by atoms with Gasteiger partial charge >= 0.3 is 5.97 Å². The van der Waals surface area contributed by atoms with E-state index in [4.69, 9.17) is 9.52 Å². The van der Waals surface area contributed by atoms with E-state index in [9.17, 15) is 19.5 Å². The number of nitrogens with zero attached hydrogens (tertiary/aromatic N) is 1. The van der Waals surface area contributed by atoms with Gasteiger partial charge in [0.25, 0.3) is 11.7 Å². The molecule has 0 saturated carbocycles. The molecule has 0 bridgehead atoms. The molecule has 34 heavy (non-hydrogen) atoms. The van der Waals surface area contributed by atoms with Gasteiger partial charge in [0.2, 0.25) is 0 Å². The summed E-state index contributed by atoms with van der Waals surface area (Å²) < 4.78 is 5.58. The number of ketones is 1. The molecule has 0 radical (unpaired) electrons. The second kappa shape index (κ2) is 8.37. The first kappa shape index (κ1) is 21.2. The summed E-state index contributed by atoms with van der Waals surface area (Å²) in [7, 11) is 0. The number of amides is 1. The van der Waals surface area contributed by atoms with Crippen LogP contribution in [0.3, 0.4) is 0 Å². The number of anilines is 1. The number of aliphatic carboxylic acids is 1. The molecule has 2 heterocycles. The Hall–Kier alpha value is -4.65. The van der Waals surface area contributed by atoms with Crippen LogP contribution in [-0.4, -0.2) is 27.9 Å². The third kappa shape index (κ3) is 3.53. The number of rotatable bonds is 5. The minimum Gasteiger partial charge on any atom is -0.507 e. The lowest BCUT2D eigenvalue weighted by Gasteiger charge is -2.23. The van der Waals surface area contributed by atoms with Crippen molar-refractivity contribution in [2.45, 2.75) is 12.5 Å². The highest BCUT2D eigenvalue weighted by Crippen LogP contribution is 2.43. The minimum atomic E-state index is -0.987. The van der Waals surface area contributed by atoms with E-state index in [0.29, 0.717) is 22.6 Å². The first-order chi connectivity index (χ1) is 16.5. The van der Waals surface area contributed by atoms with Crippen molar-refractivity contribution in [2.24, 2.45) is 0 Å². The van der Waals surface area contributed by atoms with E-state index in [1.807, 2.05) is 30.3 Å². The summed E-state index contributed by atoms with van der Waals surface area (Å²) in [6.07, 6.45) is 1.27. The van der Waals surface area contributed by atoms with E-state index in [-0.39, 0.29) is 17.8 Å². The smallest absolute Gasteiger partial charge is 0.307 e. The van der Waals surface area contributed by atoms with Crippen LogP contribution in [-0.2, 0) is 20.8 Å². The summed E-state index contributed by atoms with van der Waals surface area (Å²) in [6.45, 7) is 0. The van der Waals surface area contributed by atoms with Crippen molar-refractivity contribution in [1.29, 1.82) is 0 Å². The van der Waals surface area contributed by atoms with Crippen molar-refractivity contribution in [3.05, 3.63) is 108 Å². The number of benzene rings is 3. The van der Waals surface area contributed by atoms with E-state index in [2.05, 4.69) is 0 Å². The van der Waals surface area contributed by atoms with Crippen molar-refractivity contribution < 1.29 is 29.0 Å². The number of aliphatic hydroxyl groups excluding tert-OH is 1. The van der Waals surface area contributed by atoms with Gasteiger partial charge in [-0.25, -0.2) is 0 Å². The topological polar surface area (TPSA) is 108 Å². The van der Waals surface area contributed by atoms with Crippen molar-refractivity contribution in [2.75, 3.05) is 4.90 Å². The van der Waals surface area contributed by atoms with Gasteiger partial charge in [-0.05, 0) is 40.6 Å². The fourth-order valence-corrected chi connectivity index (χ4v) is 4.34. The highest BCUT2D eigenvalue weighted by molar-refractivity contribution is 6.51. The van der Waals surface area contributed by atoms with Crippen molar-refractivity contribution in [3.63, 3.8) is 0 Å². The highest BCUT2D eigenvalue weighted by atomic mass is 16.4. The average Bonchev–Trinajstić information content (AvgIpc) is 3.45. The van der Waals surface area contributed by atoms with Crippen LogP contribution in [0.25, 0.3) is 16.5 Å². The SMILES string of the molecule is O=C(O)Cc1ccc(N2C(=O)C(=O)/C(=C(\O)c3cccc4ccccc34)C2c2ccco2)cc1. The highest BCUT2D eigenvalue weighted by Gasteiger charge is 2.48. The molecule has 1 aliphatic rings. The number of Topliss-reactive ketones (excluding diaryl/α,β-unsaturated/α-hetero) is 1. The zero-order chi connectivity index (χ0) is 23.8. The van der Waals surface area contributed by atoms with Gasteiger partial charge < -0.3 is 14.6 Å². The van der Waals surface area contributed by atoms with E-state index in [1.165, 1.54) is 11.2 Å². The lowest BCUT2D eigenvalue weighted by atomic mass is 9.96. The zero-order valence-electron chi connectivity index (χ0n) is 17.8. The number of carbonyl (C=O) groups excluding carboxylic acids is 2. The molecule has 1 amide bonds. The molecule has 5 rings (SSSR count). The number of carbonyl (C=O) groups is 3. The number of carboxylic acid groups (broad SMARTS) is 1. The number of carboxylic acids is 1. The maximum Gasteiger partial charge on any atom is 0.307 e. The third-order valence-electron chi connectivity index (χ3n) is 5.87. The van der Waals surface area contributed by atoms with Crippen LogP contribution in [0.15, 0.2) is 95.1 Å². The molecule has 2 N–H and O–H groups in total. The Morgan fingerprint density at radius 3 is 2.32 bits per heavy atom. The second-order valence-corrected chi connectivity index (χ2v) is 7.95. The van der Waals surface area contributed by atoms with Crippen LogP contribution in [0.5, 0.6) is 0 Å². The standard InChI is InChI=1S/C27H19NO6/c29-22(30)15-16-10-12-18(13-11-16)28-24(21-9-4-14-34-21)23(26(32)27(28)33)25(31)20-8-3-6-17-5-1-2-7-19(17)20/h1-14,24,31H,15H2,(H,29,30)/b25-23-. The van der Waals surface area contributed by atoms with Crippen LogP contribution < -0.4 is 4.90 Å². The van der Waals surface area contributed by atoms with Gasteiger partial charge in [-0.3, -0.25) is 19.3 Å². The summed E-state index contributed by atoms with van der Waals surface area (Å²) in [6, 6.07) is 21.4. The molecular weight excluding hydrogens is 434 g/mol. The normalized spacial score (nSPS) is 17.4. The number of hydrogen-bond donors (Lipinski definition) is 2. The number of furan rings is 1. The molecule has 0 aliphatic carbocycles. The quantitative estimate of drug-likeness (QED) is 0.258. The lowest BCUT2D eigenvalue weighted by molar-refractivity contribution is -0.136. The molecule has 7 nitrogen and oxygen atoms in total. The Morgan fingerprint density at radius 2 is 1.62 bits per heavy atom. The fourth-order valence-electron chi connectivity index (χ4n) is 4.34. The predicted molar refractivity (Wildman–Crippen MR) is 125 cm³/mol. The molecule has 1 aliphatic heterocycles. The molecule has 7 heteroatoms. The first-order valence-corrected chi connectivity index (χ1v) is 10.6. The van der Waals surface area contributed by atoms with E-state index >= 15 is 0 Å². The van der Waals surface area contributed by atoms with Gasteiger partial charge in [-0.15, -0.1) is 0 Å². The van der Waals surface area contributed by atoms with E-state index in [0.717, 1.165) is 10.8 Å². The maximum absolute atomic E-state index is 13.2. The molecule has 1 aromatic heterocycles. The molecular formula is C27H19NO6. The van der Waals surface area contributed by atoms with Crippen LogP contribution >= 0.6 is 0 Å². The van der Waals surface area contributed by atoms with Crippen LogP contribution in [0, 0.1) is 0 Å². The molecule has 4 aromatic rings. The molecule has 1 saturated heterocycles. The predicted octanol–water partition coefficient (Wildman–Crippen LogP) is 4.69. The van der Waals surface area contributed by atoms with E-state index in [1.54, 1.807) is 48.5 Å². The average molecular weight is 453 g/mol. The summed E-state index contributed by atoms with van der Waals surface area (Å²) in [5, 5.41) is 22.0. The Morgan fingerprint density at radius 1 is 0.882 bits per heavy atom. The molecule has 3 aromatic carbocycles. The van der Waals surface area contributed by atoms with Gasteiger partial charge in [0.05, 0.1) is 18.3 Å². The first-order valence-electron chi connectivity index (χ1n) is 10.6. The molecule has 1 fully saturated rings. The fraction of sp³-hybridized carbons (Fsp3) is 0.0741. The van der Waals surface area contributed by atoms with Gasteiger partial charge in [0.1, 0.15) is 17.6 Å². The zero-order valence-corrected chi connectivity index (χ0v) is 17.8.